The number of amides is 3. The molecule has 2 aromatic rings. The van der Waals surface area contributed by atoms with Crippen LogP contribution in [-0.2, 0) is 27.2 Å². The third-order valence-electron chi connectivity index (χ3n) is 7.39. The van der Waals surface area contributed by atoms with Crippen molar-refractivity contribution in [2.45, 2.75) is 77.7 Å². The van der Waals surface area contributed by atoms with E-state index < -0.39 is 35.8 Å². The smallest absolute Gasteiger partial charge is 0.407 e. The molecule has 3 rings (SSSR count). The number of likely N-dealkylation sites (N-methyl/N-ethyl adjacent to an activating group) is 1. The molecular formula is C34H50N4O7. The molecule has 1 aliphatic rings. The lowest BCUT2D eigenvalue weighted by atomic mass is 9.88. The van der Waals surface area contributed by atoms with Gasteiger partial charge in [-0.05, 0) is 83.3 Å². The maximum Gasteiger partial charge on any atom is 0.407 e. The maximum atomic E-state index is 13.9. The Morgan fingerprint density at radius 3 is 2.27 bits per heavy atom. The van der Waals surface area contributed by atoms with E-state index in [1.165, 1.54) is 0 Å². The fourth-order valence-electron chi connectivity index (χ4n) is 5.02. The minimum atomic E-state index is -1.12. The van der Waals surface area contributed by atoms with E-state index >= 15 is 0 Å². The van der Waals surface area contributed by atoms with Crippen LogP contribution in [0, 0.1) is 11.8 Å². The number of aliphatic hydroxyl groups excluding tert-OH is 1. The van der Waals surface area contributed by atoms with Crippen LogP contribution in [0.4, 0.5) is 4.79 Å². The van der Waals surface area contributed by atoms with Crippen LogP contribution in [-0.4, -0.2) is 85.7 Å². The third-order valence-corrected chi connectivity index (χ3v) is 7.39. The van der Waals surface area contributed by atoms with Crippen molar-refractivity contribution in [3.05, 3.63) is 59.7 Å². The molecular weight excluding hydrogens is 576 g/mol. The second kappa shape index (κ2) is 16.5. The molecule has 0 aromatic heterocycles. The van der Waals surface area contributed by atoms with Crippen molar-refractivity contribution in [1.82, 2.24) is 20.9 Å². The molecule has 11 heteroatoms. The molecule has 4 N–H and O–H groups in total. The van der Waals surface area contributed by atoms with Crippen LogP contribution in [0.15, 0.2) is 48.5 Å². The van der Waals surface area contributed by atoms with Gasteiger partial charge >= 0.3 is 6.09 Å². The van der Waals surface area contributed by atoms with Gasteiger partial charge in [-0.2, -0.15) is 0 Å². The highest BCUT2D eigenvalue weighted by molar-refractivity contribution is 5.88. The summed E-state index contributed by atoms with van der Waals surface area (Å²) in [6.07, 6.45) is -1.18. The van der Waals surface area contributed by atoms with Gasteiger partial charge in [-0.1, -0.05) is 50.2 Å². The van der Waals surface area contributed by atoms with E-state index in [9.17, 15) is 19.5 Å². The zero-order chi connectivity index (χ0) is 33.1. The van der Waals surface area contributed by atoms with Gasteiger partial charge in [0.25, 0.3) is 0 Å². The summed E-state index contributed by atoms with van der Waals surface area (Å²) in [7, 11) is 3.84. The number of ether oxygens (including phenoxy) is 3. The molecule has 0 aliphatic carbocycles. The normalized spacial score (nSPS) is 15.2. The topological polar surface area (TPSA) is 138 Å². The zero-order valence-corrected chi connectivity index (χ0v) is 27.6. The first-order valence-electron chi connectivity index (χ1n) is 15.5. The molecule has 248 valence electrons. The number of hydrogen-bond donors (Lipinski definition) is 4. The van der Waals surface area contributed by atoms with Crippen molar-refractivity contribution in [3.8, 4) is 11.5 Å². The van der Waals surface area contributed by atoms with Crippen LogP contribution in [0.5, 0.6) is 11.5 Å². The molecule has 0 fully saturated rings. The number of hydrogen-bond acceptors (Lipinski definition) is 8. The Morgan fingerprint density at radius 2 is 1.62 bits per heavy atom. The van der Waals surface area contributed by atoms with Gasteiger partial charge in [0.05, 0.1) is 12.1 Å². The Kier molecular flexibility index (Phi) is 13.0. The van der Waals surface area contributed by atoms with Crippen molar-refractivity contribution in [3.63, 3.8) is 0 Å². The van der Waals surface area contributed by atoms with Gasteiger partial charge in [-0.25, -0.2) is 4.79 Å². The standard InChI is InChI=1S/C34H50N4O7/c1-22(2)30(32(41)35-15-16-38(6)7)37-31(40)25(17-24-13-14-28-29(19-24)44-21-43-28)20-27(39)26(18-23-11-9-8-10-12-23)36-33(42)45-34(3,4)5/h8-14,19,22,25-27,30,39H,15-18,20-21H2,1-7H3,(H,35,41)(H,36,42)(H,37,40). The van der Waals surface area contributed by atoms with Gasteiger partial charge in [0, 0.05) is 19.0 Å². The minimum absolute atomic E-state index is 0.0145. The highest BCUT2D eigenvalue weighted by Gasteiger charge is 2.33. The second-order valence-electron chi connectivity index (χ2n) is 13.2. The van der Waals surface area contributed by atoms with Crippen LogP contribution in [0.3, 0.4) is 0 Å². The average molecular weight is 627 g/mol. The van der Waals surface area contributed by atoms with E-state index in [0.29, 0.717) is 31.0 Å². The van der Waals surface area contributed by atoms with Crippen LogP contribution in [0.25, 0.3) is 0 Å². The van der Waals surface area contributed by atoms with Crippen LogP contribution in [0.1, 0.15) is 52.2 Å². The monoisotopic (exact) mass is 626 g/mol. The molecule has 4 unspecified atom stereocenters. The molecule has 4 atom stereocenters. The van der Waals surface area contributed by atoms with Crippen LogP contribution in [0.2, 0.25) is 0 Å². The number of alkyl carbamates (subject to hydrolysis) is 1. The summed E-state index contributed by atoms with van der Waals surface area (Å²) >= 11 is 0. The highest BCUT2D eigenvalue weighted by atomic mass is 16.7. The molecule has 0 radical (unpaired) electrons. The van der Waals surface area contributed by atoms with E-state index in [4.69, 9.17) is 14.2 Å². The fourth-order valence-corrected chi connectivity index (χ4v) is 5.02. The summed E-state index contributed by atoms with van der Waals surface area (Å²) in [6, 6.07) is 13.4. The molecule has 0 spiro atoms. The van der Waals surface area contributed by atoms with Gasteiger partial charge in [-0.3, -0.25) is 9.59 Å². The number of aliphatic hydroxyl groups is 1. The van der Waals surface area contributed by atoms with Crippen molar-refractivity contribution in [2.24, 2.45) is 11.8 Å². The summed E-state index contributed by atoms with van der Waals surface area (Å²) in [5, 5.41) is 20.3. The Hall–Kier alpha value is -3.83. The van der Waals surface area contributed by atoms with Gasteiger partial charge in [0.1, 0.15) is 11.6 Å². The minimum Gasteiger partial charge on any atom is -0.454 e. The summed E-state index contributed by atoms with van der Waals surface area (Å²) in [5.74, 6) is -0.348. The first-order chi connectivity index (χ1) is 21.2. The molecule has 3 amide bonds. The Morgan fingerprint density at radius 1 is 0.933 bits per heavy atom. The quantitative estimate of drug-likeness (QED) is 0.236. The van der Waals surface area contributed by atoms with E-state index in [2.05, 4.69) is 16.0 Å². The number of rotatable bonds is 15. The molecule has 2 aromatic carbocycles. The number of nitrogens with one attached hydrogen (secondary N) is 3. The molecule has 11 nitrogen and oxygen atoms in total. The fraction of sp³-hybridized carbons (Fsp3) is 0.559. The average Bonchev–Trinajstić information content (AvgIpc) is 3.42. The number of fused-ring (bicyclic) bond motifs is 1. The number of nitrogens with zero attached hydrogens (tertiary/aromatic N) is 1. The van der Waals surface area contributed by atoms with Crippen molar-refractivity contribution in [2.75, 3.05) is 34.0 Å². The van der Waals surface area contributed by atoms with Crippen molar-refractivity contribution in [1.29, 1.82) is 0 Å². The third kappa shape index (κ3) is 11.9. The van der Waals surface area contributed by atoms with Crippen molar-refractivity contribution >= 4 is 17.9 Å². The number of carbonyl (C=O) groups excluding carboxylic acids is 3. The predicted octanol–water partition coefficient (Wildman–Crippen LogP) is 3.28. The second-order valence-corrected chi connectivity index (χ2v) is 13.2. The molecule has 45 heavy (non-hydrogen) atoms. The lowest BCUT2D eigenvalue weighted by Gasteiger charge is -2.30. The summed E-state index contributed by atoms with van der Waals surface area (Å²) in [5.41, 5.74) is 0.985. The van der Waals surface area contributed by atoms with Gasteiger partial charge in [0.2, 0.25) is 18.6 Å². The Labute approximate surface area is 267 Å². The molecule has 0 saturated carbocycles. The predicted molar refractivity (Wildman–Crippen MR) is 172 cm³/mol. The van der Waals surface area contributed by atoms with E-state index in [-0.39, 0.29) is 37.4 Å². The summed E-state index contributed by atoms with van der Waals surface area (Å²) in [6.45, 7) is 10.3. The Balaban J connectivity index is 1.85. The van der Waals surface area contributed by atoms with Crippen LogP contribution < -0.4 is 25.4 Å². The van der Waals surface area contributed by atoms with Gasteiger partial charge < -0.3 is 40.2 Å². The van der Waals surface area contributed by atoms with E-state index in [1.807, 2.05) is 75.3 Å². The largest absolute Gasteiger partial charge is 0.454 e. The van der Waals surface area contributed by atoms with Gasteiger partial charge in [-0.15, -0.1) is 0 Å². The molecule has 1 heterocycles. The lowest BCUT2D eigenvalue weighted by molar-refractivity contribution is -0.132. The molecule has 0 bridgehead atoms. The first kappa shape index (κ1) is 35.6. The van der Waals surface area contributed by atoms with E-state index in [0.717, 1.165) is 11.1 Å². The lowest BCUT2D eigenvalue weighted by Crippen LogP contribution is -2.53. The first-order valence-corrected chi connectivity index (χ1v) is 15.5. The zero-order valence-electron chi connectivity index (χ0n) is 27.6. The summed E-state index contributed by atoms with van der Waals surface area (Å²) in [4.78, 5) is 41.8. The number of benzene rings is 2. The molecule has 1 aliphatic heterocycles. The Bertz CT molecular complexity index is 1260. The number of carbonyl (C=O) groups is 3. The highest BCUT2D eigenvalue weighted by Crippen LogP contribution is 2.33. The summed E-state index contributed by atoms with van der Waals surface area (Å²) < 4.78 is 16.5. The maximum absolute atomic E-state index is 13.9. The van der Waals surface area contributed by atoms with Gasteiger partial charge in [0.15, 0.2) is 11.5 Å². The SMILES string of the molecule is CC(C)C(NC(=O)C(Cc1ccc2c(c1)OCO2)CC(O)C(Cc1ccccc1)NC(=O)OC(C)(C)C)C(=O)NCCN(C)C. The van der Waals surface area contributed by atoms with Crippen molar-refractivity contribution < 1.29 is 33.7 Å². The van der Waals surface area contributed by atoms with E-state index in [1.54, 1.807) is 26.8 Å². The van der Waals surface area contributed by atoms with Crippen LogP contribution >= 0.6 is 0 Å². The molecule has 0 saturated heterocycles.